The summed E-state index contributed by atoms with van der Waals surface area (Å²) in [6, 6.07) is 1.18. The Morgan fingerprint density at radius 3 is 2.09 bits per heavy atom. The van der Waals surface area contributed by atoms with Crippen molar-refractivity contribution in [2.24, 2.45) is 11.7 Å². The van der Waals surface area contributed by atoms with Crippen LogP contribution in [0, 0.1) is 12.0 Å². The summed E-state index contributed by atoms with van der Waals surface area (Å²) >= 11 is 0. The Balaban J connectivity index is 0. The molecule has 2 heteroatoms. The van der Waals surface area contributed by atoms with Gasteiger partial charge in [-0.15, -0.1) is 0 Å². The van der Waals surface area contributed by atoms with Gasteiger partial charge in [0.2, 0.25) is 0 Å². The largest absolute Gasteiger partial charge is 1.00 e. The summed E-state index contributed by atoms with van der Waals surface area (Å²) in [5.41, 5.74) is 5.83. The monoisotopic (exact) mass is 149 g/mol. The molecule has 0 saturated heterocycles. The maximum atomic E-state index is 5.83. The van der Waals surface area contributed by atoms with Gasteiger partial charge in [-0.3, -0.25) is 6.04 Å². The van der Waals surface area contributed by atoms with Gasteiger partial charge in [0.1, 0.15) is 0 Å². The second kappa shape index (κ2) is 8.65. The first-order valence-electron chi connectivity index (χ1n) is 4.37. The Bertz CT molecular complexity index is 76.0. The molecule has 0 aromatic rings. The second-order valence-electron chi connectivity index (χ2n) is 2.82. The molecule has 0 aliphatic carbocycles. The maximum absolute atomic E-state index is 5.83. The predicted molar refractivity (Wildman–Crippen MR) is 46.4 cm³/mol. The smallest absolute Gasteiger partial charge is 0.480 e. The van der Waals surface area contributed by atoms with Gasteiger partial charge in [-0.1, -0.05) is 40.0 Å². The molecule has 1 atom stereocenters. The molecule has 0 aliphatic rings. The molecule has 0 radical (unpaired) electrons. The average Bonchev–Trinajstić information content (AvgIpc) is 1.99. The van der Waals surface area contributed by atoms with Gasteiger partial charge in [-0.05, 0) is 0 Å². The van der Waals surface area contributed by atoms with Crippen molar-refractivity contribution >= 4 is 0 Å². The molecule has 0 aliphatic heterocycles. The van der Waals surface area contributed by atoms with Gasteiger partial charge < -0.3 is 5.73 Å². The van der Waals surface area contributed by atoms with Crippen LogP contribution in [0.4, 0.5) is 0 Å². The fourth-order valence-electron chi connectivity index (χ4n) is 1.29. The Hall–Kier alpha value is 0.557. The van der Waals surface area contributed by atoms with Crippen LogP contribution in [0.2, 0.25) is 0 Å². The molecular formula is C9H20LiN. The standard InChI is InChI=1S/C9H20N.Li/c1-4-7-8(5-2)9(10)6-3;/h8H,4-7,10H2,1-3H3;/q-1;+1. The van der Waals surface area contributed by atoms with Crippen LogP contribution in [0.15, 0.2) is 0 Å². The van der Waals surface area contributed by atoms with Crippen molar-refractivity contribution in [1.82, 2.24) is 0 Å². The Morgan fingerprint density at radius 2 is 1.82 bits per heavy atom. The van der Waals surface area contributed by atoms with E-state index in [4.69, 9.17) is 5.73 Å². The maximum Gasteiger partial charge on any atom is 1.00 e. The fourth-order valence-corrected chi connectivity index (χ4v) is 1.29. The average molecular weight is 149 g/mol. The van der Waals surface area contributed by atoms with E-state index in [0.29, 0.717) is 5.92 Å². The summed E-state index contributed by atoms with van der Waals surface area (Å²) in [6.45, 7) is 6.56. The molecular weight excluding hydrogens is 129 g/mol. The minimum Gasteiger partial charge on any atom is -0.480 e. The third kappa shape index (κ3) is 5.79. The number of hydrogen-bond acceptors (Lipinski definition) is 1. The molecule has 2 N–H and O–H groups in total. The zero-order chi connectivity index (χ0) is 7.98. The molecule has 1 nitrogen and oxygen atoms in total. The zero-order valence-corrected chi connectivity index (χ0v) is 8.48. The predicted octanol–water partition coefficient (Wildman–Crippen LogP) is -0.283. The molecule has 11 heavy (non-hydrogen) atoms. The van der Waals surface area contributed by atoms with Crippen LogP contribution in [-0.4, -0.2) is 0 Å². The molecule has 0 bridgehead atoms. The first-order valence-corrected chi connectivity index (χ1v) is 4.37. The van der Waals surface area contributed by atoms with Crippen LogP contribution in [0.1, 0.15) is 46.5 Å². The second-order valence-corrected chi connectivity index (χ2v) is 2.82. The van der Waals surface area contributed by atoms with Crippen molar-refractivity contribution in [2.45, 2.75) is 46.5 Å². The molecule has 62 valence electrons. The van der Waals surface area contributed by atoms with Gasteiger partial charge in [0.25, 0.3) is 0 Å². The Morgan fingerprint density at radius 1 is 1.27 bits per heavy atom. The van der Waals surface area contributed by atoms with E-state index in [1.165, 1.54) is 25.3 Å². The summed E-state index contributed by atoms with van der Waals surface area (Å²) in [4.78, 5) is 0. The summed E-state index contributed by atoms with van der Waals surface area (Å²) < 4.78 is 0. The first-order chi connectivity index (χ1) is 4.76. The van der Waals surface area contributed by atoms with Gasteiger partial charge in [-0.2, -0.15) is 12.3 Å². The van der Waals surface area contributed by atoms with Crippen LogP contribution >= 0.6 is 0 Å². The van der Waals surface area contributed by atoms with Gasteiger partial charge in [0, 0.05) is 0 Å². The van der Waals surface area contributed by atoms with E-state index in [0.717, 1.165) is 6.42 Å². The third-order valence-electron chi connectivity index (χ3n) is 2.06. The molecule has 0 heterocycles. The number of nitrogens with two attached hydrogens (primary N) is 1. The van der Waals surface area contributed by atoms with Crippen LogP contribution < -0.4 is 24.6 Å². The van der Waals surface area contributed by atoms with E-state index in [2.05, 4.69) is 20.8 Å². The van der Waals surface area contributed by atoms with Crippen molar-refractivity contribution in [3.63, 3.8) is 0 Å². The van der Waals surface area contributed by atoms with E-state index in [1.54, 1.807) is 0 Å². The Labute approximate surface area is 83.3 Å². The van der Waals surface area contributed by atoms with Crippen molar-refractivity contribution in [3.05, 3.63) is 6.04 Å². The zero-order valence-electron chi connectivity index (χ0n) is 8.48. The van der Waals surface area contributed by atoms with Crippen molar-refractivity contribution < 1.29 is 18.9 Å². The van der Waals surface area contributed by atoms with Crippen molar-refractivity contribution in [3.8, 4) is 0 Å². The summed E-state index contributed by atoms with van der Waals surface area (Å²) in [5, 5.41) is 0. The molecule has 0 saturated carbocycles. The van der Waals surface area contributed by atoms with E-state index in [-0.39, 0.29) is 18.9 Å². The summed E-state index contributed by atoms with van der Waals surface area (Å²) in [7, 11) is 0. The molecule has 0 spiro atoms. The molecule has 0 aromatic carbocycles. The van der Waals surface area contributed by atoms with Crippen LogP contribution in [-0.2, 0) is 0 Å². The molecule has 0 aromatic heterocycles. The van der Waals surface area contributed by atoms with Gasteiger partial charge in [0.05, 0.1) is 0 Å². The van der Waals surface area contributed by atoms with Crippen LogP contribution in [0.25, 0.3) is 0 Å². The summed E-state index contributed by atoms with van der Waals surface area (Å²) in [6.07, 6.45) is 4.75. The molecule has 1 unspecified atom stereocenters. The van der Waals surface area contributed by atoms with Crippen molar-refractivity contribution in [1.29, 1.82) is 0 Å². The minimum absolute atomic E-state index is 0. The van der Waals surface area contributed by atoms with Crippen LogP contribution in [0.5, 0.6) is 0 Å². The van der Waals surface area contributed by atoms with E-state index < -0.39 is 0 Å². The third-order valence-corrected chi connectivity index (χ3v) is 2.06. The van der Waals surface area contributed by atoms with Crippen molar-refractivity contribution in [2.75, 3.05) is 0 Å². The SMILES string of the molecule is CCCC(CC)[C-](N)CC.[Li+]. The topological polar surface area (TPSA) is 26.0 Å². The van der Waals surface area contributed by atoms with Gasteiger partial charge in [0.15, 0.2) is 0 Å². The summed E-state index contributed by atoms with van der Waals surface area (Å²) in [5.74, 6) is 0.676. The van der Waals surface area contributed by atoms with E-state index in [1.807, 2.05) is 0 Å². The van der Waals surface area contributed by atoms with Gasteiger partial charge in [-0.25, -0.2) is 0 Å². The molecule has 0 rings (SSSR count). The van der Waals surface area contributed by atoms with Gasteiger partial charge >= 0.3 is 18.9 Å². The fraction of sp³-hybridized carbons (Fsp3) is 0.889. The molecule has 0 amide bonds. The number of hydrogen-bond donors (Lipinski definition) is 1. The first kappa shape index (κ1) is 14.1. The molecule has 0 fully saturated rings. The Kier molecular flexibility index (Phi) is 11.1. The van der Waals surface area contributed by atoms with E-state index in [9.17, 15) is 0 Å². The quantitative estimate of drug-likeness (QED) is 0.422. The van der Waals surface area contributed by atoms with Crippen LogP contribution in [0.3, 0.4) is 0 Å². The normalized spacial score (nSPS) is 12.8. The number of rotatable bonds is 5. The van der Waals surface area contributed by atoms with E-state index >= 15 is 0 Å². The minimum atomic E-state index is 0.